The second-order valence-corrected chi connectivity index (χ2v) is 3.80. The summed E-state index contributed by atoms with van der Waals surface area (Å²) in [5, 5.41) is 5.84. The van der Waals surface area contributed by atoms with Crippen LogP contribution in [0.4, 0.5) is 22.6 Å². The summed E-state index contributed by atoms with van der Waals surface area (Å²) in [6.07, 6.45) is -0.804. The molecule has 4 N–H and O–H groups in total. The molecule has 0 saturated carbocycles. The van der Waals surface area contributed by atoms with Crippen molar-refractivity contribution < 1.29 is 9.53 Å². The van der Waals surface area contributed by atoms with Crippen LogP contribution in [-0.2, 0) is 4.74 Å². The zero-order chi connectivity index (χ0) is 15.0. The van der Waals surface area contributed by atoms with Gasteiger partial charge in [-0.1, -0.05) is 0 Å². The van der Waals surface area contributed by atoms with Gasteiger partial charge >= 0.3 is 6.09 Å². The van der Waals surface area contributed by atoms with Crippen LogP contribution in [0.3, 0.4) is 0 Å². The van der Waals surface area contributed by atoms with Crippen LogP contribution in [0.1, 0.15) is 13.8 Å². The Labute approximate surface area is 117 Å². The molecule has 0 radical (unpaired) electrons. The summed E-state index contributed by atoms with van der Waals surface area (Å²) in [6, 6.07) is 0. The Balaban J connectivity index is 2.74. The number of ether oxygens (including phenoxy) is 1. The summed E-state index contributed by atoms with van der Waals surface area (Å²) in [7, 11) is 1.74. The number of carbonyl (C=O) groups is 1. The molecule has 9 nitrogen and oxygen atoms in total. The van der Waals surface area contributed by atoms with Crippen molar-refractivity contribution in [2.24, 2.45) is 5.73 Å². The molecule has 1 heterocycles. The van der Waals surface area contributed by atoms with Crippen LogP contribution in [0.2, 0.25) is 0 Å². The largest absolute Gasteiger partial charge is 0.448 e. The van der Waals surface area contributed by atoms with Crippen molar-refractivity contribution in [3.63, 3.8) is 0 Å². The molecule has 0 unspecified atom stereocenters. The van der Waals surface area contributed by atoms with Crippen LogP contribution >= 0.6 is 0 Å². The molecule has 0 aliphatic heterocycles. The third-order valence-electron chi connectivity index (χ3n) is 2.52. The number of nitrogens with one attached hydrogen (secondary N) is 2. The van der Waals surface area contributed by atoms with Gasteiger partial charge in [-0.3, -0.25) is 0 Å². The Bertz CT molecular complexity index is 437. The number of carbonyl (C=O) groups excluding carboxylic acids is 1. The SMILES string of the molecule is CCN(CC)c1nc(NC)nc(NCCOC(N)=O)n1. The van der Waals surface area contributed by atoms with Crippen molar-refractivity contribution in [2.75, 3.05) is 48.8 Å². The zero-order valence-corrected chi connectivity index (χ0v) is 12.0. The molecule has 0 spiro atoms. The number of primary amides is 1. The van der Waals surface area contributed by atoms with E-state index in [9.17, 15) is 4.79 Å². The highest BCUT2D eigenvalue weighted by atomic mass is 16.5. The molecule has 1 aromatic rings. The first-order valence-corrected chi connectivity index (χ1v) is 6.45. The van der Waals surface area contributed by atoms with E-state index in [0.29, 0.717) is 24.4 Å². The lowest BCUT2D eigenvalue weighted by Crippen LogP contribution is -2.26. The maximum Gasteiger partial charge on any atom is 0.404 e. The number of hydrogen-bond donors (Lipinski definition) is 3. The van der Waals surface area contributed by atoms with Crippen molar-refractivity contribution in [2.45, 2.75) is 13.8 Å². The fourth-order valence-corrected chi connectivity index (χ4v) is 1.52. The maximum absolute atomic E-state index is 10.4. The summed E-state index contributed by atoms with van der Waals surface area (Å²) in [5.74, 6) is 1.48. The van der Waals surface area contributed by atoms with E-state index >= 15 is 0 Å². The molecule has 0 saturated heterocycles. The van der Waals surface area contributed by atoms with Gasteiger partial charge in [0.25, 0.3) is 0 Å². The molecule has 1 aromatic heterocycles. The molecular formula is C11H21N7O2. The summed E-state index contributed by atoms with van der Waals surface area (Å²) in [4.78, 5) is 25.2. The van der Waals surface area contributed by atoms with E-state index in [1.165, 1.54) is 0 Å². The maximum atomic E-state index is 10.4. The van der Waals surface area contributed by atoms with Gasteiger partial charge in [0, 0.05) is 20.1 Å². The van der Waals surface area contributed by atoms with Crippen LogP contribution in [0.5, 0.6) is 0 Å². The smallest absolute Gasteiger partial charge is 0.404 e. The van der Waals surface area contributed by atoms with Gasteiger partial charge in [-0.25, -0.2) is 4.79 Å². The zero-order valence-electron chi connectivity index (χ0n) is 12.0. The standard InChI is InChI=1S/C11H21N7O2/c1-4-18(5-2)11-16-9(13-3)15-10(17-11)14-6-7-20-8(12)19/h4-7H2,1-3H3,(H2,12,19)(H2,13,14,15,16,17). The summed E-state index contributed by atoms with van der Waals surface area (Å²) in [5.41, 5.74) is 4.87. The number of hydrogen-bond acceptors (Lipinski definition) is 8. The van der Waals surface area contributed by atoms with Crippen LogP contribution in [0.15, 0.2) is 0 Å². The van der Waals surface area contributed by atoms with Gasteiger partial charge in [0.1, 0.15) is 6.61 Å². The minimum Gasteiger partial charge on any atom is -0.448 e. The first-order valence-electron chi connectivity index (χ1n) is 6.45. The molecule has 1 amide bonds. The fourth-order valence-electron chi connectivity index (χ4n) is 1.52. The Morgan fingerprint density at radius 2 is 1.90 bits per heavy atom. The number of nitrogens with two attached hydrogens (primary N) is 1. The quantitative estimate of drug-likeness (QED) is 0.582. The van der Waals surface area contributed by atoms with Crippen LogP contribution in [0.25, 0.3) is 0 Å². The van der Waals surface area contributed by atoms with Gasteiger partial charge in [0.2, 0.25) is 17.8 Å². The number of anilines is 3. The third kappa shape index (κ3) is 4.75. The number of aromatic nitrogens is 3. The van der Waals surface area contributed by atoms with Crippen molar-refractivity contribution in [1.29, 1.82) is 0 Å². The molecule has 9 heteroatoms. The summed E-state index contributed by atoms with van der Waals surface area (Å²) >= 11 is 0. The van der Waals surface area contributed by atoms with E-state index in [1.807, 2.05) is 18.7 Å². The van der Waals surface area contributed by atoms with Crippen LogP contribution in [-0.4, -0.2) is 54.3 Å². The number of nitrogens with zero attached hydrogens (tertiary/aromatic N) is 4. The highest BCUT2D eigenvalue weighted by molar-refractivity contribution is 5.64. The van der Waals surface area contributed by atoms with E-state index < -0.39 is 6.09 Å². The molecule has 0 atom stereocenters. The number of rotatable bonds is 8. The van der Waals surface area contributed by atoms with Crippen LogP contribution in [0, 0.1) is 0 Å². The van der Waals surface area contributed by atoms with Gasteiger partial charge in [-0.15, -0.1) is 0 Å². The predicted molar refractivity (Wildman–Crippen MR) is 77.0 cm³/mol. The molecule has 0 aliphatic carbocycles. The molecule has 1 rings (SSSR count). The lowest BCUT2D eigenvalue weighted by Gasteiger charge is -2.19. The van der Waals surface area contributed by atoms with Gasteiger partial charge in [-0.05, 0) is 13.8 Å². The van der Waals surface area contributed by atoms with Crippen molar-refractivity contribution >= 4 is 23.9 Å². The Kier molecular flexibility index (Phi) is 6.27. The molecular weight excluding hydrogens is 262 g/mol. The van der Waals surface area contributed by atoms with E-state index in [-0.39, 0.29) is 6.61 Å². The molecule has 20 heavy (non-hydrogen) atoms. The van der Waals surface area contributed by atoms with E-state index in [4.69, 9.17) is 5.73 Å². The minimum absolute atomic E-state index is 0.149. The van der Waals surface area contributed by atoms with Crippen molar-refractivity contribution in [3.05, 3.63) is 0 Å². The molecule has 0 aliphatic rings. The van der Waals surface area contributed by atoms with Gasteiger partial charge in [0.15, 0.2) is 0 Å². The van der Waals surface area contributed by atoms with Gasteiger partial charge in [-0.2, -0.15) is 15.0 Å². The average molecular weight is 283 g/mol. The molecule has 0 fully saturated rings. The Hall–Kier alpha value is -2.32. The topological polar surface area (TPSA) is 118 Å². The normalized spacial score (nSPS) is 9.95. The average Bonchev–Trinajstić information content (AvgIpc) is 2.44. The lowest BCUT2D eigenvalue weighted by atomic mass is 10.5. The first kappa shape index (κ1) is 15.7. The van der Waals surface area contributed by atoms with Crippen molar-refractivity contribution in [1.82, 2.24) is 15.0 Å². The van der Waals surface area contributed by atoms with Gasteiger partial charge < -0.3 is 26.0 Å². The second-order valence-electron chi connectivity index (χ2n) is 3.80. The van der Waals surface area contributed by atoms with E-state index in [1.54, 1.807) is 7.05 Å². The Morgan fingerprint density at radius 3 is 2.45 bits per heavy atom. The second kappa shape index (κ2) is 7.97. The lowest BCUT2D eigenvalue weighted by molar-refractivity contribution is 0.161. The summed E-state index contributed by atoms with van der Waals surface area (Å²) < 4.78 is 4.62. The number of amides is 1. The molecule has 0 aromatic carbocycles. The van der Waals surface area contributed by atoms with Gasteiger partial charge in [0.05, 0.1) is 6.54 Å². The molecule has 0 bridgehead atoms. The van der Waals surface area contributed by atoms with E-state index in [0.717, 1.165) is 13.1 Å². The minimum atomic E-state index is -0.804. The Morgan fingerprint density at radius 1 is 1.25 bits per heavy atom. The monoisotopic (exact) mass is 283 g/mol. The van der Waals surface area contributed by atoms with Crippen LogP contribution < -0.4 is 21.3 Å². The third-order valence-corrected chi connectivity index (χ3v) is 2.52. The summed E-state index contributed by atoms with van der Waals surface area (Å²) in [6.45, 7) is 6.17. The molecule has 112 valence electrons. The first-order chi connectivity index (χ1) is 9.60. The van der Waals surface area contributed by atoms with Crippen molar-refractivity contribution in [3.8, 4) is 0 Å². The predicted octanol–water partition coefficient (Wildman–Crippen LogP) is 0.267. The highest BCUT2D eigenvalue weighted by Crippen LogP contribution is 2.12. The highest BCUT2D eigenvalue weighted by Gasteiger charge is 2.10. The fraction of sp³-hybridized carbons (Fsp3) is 0.636. The van der Waals surface area contributed by atoms with E-state index in [2.05, 4.69) is 30.3 Å².